The number of carbonyl (C=O) groups is 2. The highest BCUT2D eigenvalue weighted by atomic mass is 35.5. The monoisotopic (exact) mass is 287 g/mol. The fourth-order valence-corrected chi connectivity index (χ4v) is 2.64. The summed E-state index contributed by atoms with van der Waals surface area (Å²) >= 11 is 11.7. The largest absolute Gasteiger partial charge is 0.480 e. The number of aliphatic carboxylic acids is 1. The van der Waals surface area contributed by atoms with Crippen LogP contribution in [0, 0.1) is 0 Å². The van der Waals surface area contributed by atoms with Gasteiger partial charge in [-0.25, -0.2) is 4.79 Å². The fourth-order valence-electron chi connectivity index (χ4n) is 2.11. The number of amides is 1. The lowest BCUT2D eigenvalue weighted by Crippen LogP contribution is -2.40. The van der Waals surface area contributed by atoms with Crippen LogP contribution in [0.2, 0.25) is 10.0 Å². The zero-order valence-corrected chi connectivity index (χ0v) is 10.9. The van der Waals surface area contributed by atoms with Gasteiger partial charge in [-0.2, -0.15) is 0 Å². The number of hydrogen-bond acceptors (Lipinski definition) is 2. The fraction of sp³-hybridized carbons (Fsp3) is 0.333. The zero-order valence-electron chi connectivity index (χ0n) is 9.40. The molecule has 1 amide bonds. The first kappa shape index (κ1) is 13.2. The summed E-state index contributed by atoms with van der Waals surface area (Å²) in [7, 11) is 0. The van der Waals surface area contributed by atoms with Gasteiger partial charge in [0.05, 0.1) is 0 Å². The number of halogens is 2. The van der Waals surface area contributed by atoms with Crippen LogP contribution in [0.15, 0.2) is 18.2 Å². The lowest BCUT2D eigenvalue weighted by Gasteiger charge is -2.21. The molecule has 0 aromatic heterocycles. The lowest BCUT2D eigenvalue weighted by atomic mass is 10.1. The Morgan fingerprint density at radius 3 is 2.39 bits per heavy atom. The molecule has 0 bridgehead atoms. The van der Waals surface area contributed by atoms with Gasteiger partial charge in [-0.15, -0.1) is 0 Å². The van der Waals surface area contributed by atoms with Crippen molar-refractivity contribution in [2.45, 2.75) is 18.9 Å². The first-order valence-electron chi connectivity index (χ1n) is 5.49. The highest BCUT2D eigenvalue weighted by Crippen LogP contribution is 2.24. The molecule has 1 saturated heterocycles. The number of benzene rings is 1. The van der Waals surface area contributed by atoms with Crippen LogP contribution in [0.1, 0.15) is 23.2 Å². The molecule has 4 nitrogen and oxygen atoms in total. The first-order valence-corrected chi connectivity index (χ1v) is 6.24. The Balaban J connectivity index is 2.28. The van der Waals surface area contributed by atoms with Crippen LogP contribution in [0.3, 0.4) is 0 Å². The quantitative estimate of drug-likeness (QED) is 0.910. The van der Waals surface area contributed by atoms with E-state index in [1.165, 1.54) is 23.1 Å². The molecule has 1 aliphatic rings. The van der Waals surface area contributed by atoms with E-state index in [1.54, 1.807) is 0 Å². The summed E-state index contributed by atoms with van der Waals surface area (Å²) in [4.78, 5) is 24.6. The number of rotatable bonds is 2. The Bertz CT molecular complexity index is 484. The Labute approximate surface area is 114 Å². The second-order valence-corrected chi connectivity index (χ2v) is 5.03. The van der Waals surface area contributed by atoms with Gasteiger partial charge in [-0.3, -0.25) is 4.79 Å². The number of likely N-dealkylation sites (tertiary alicyclic amines) is 1. The summed E-state index contributed by atoms with van der Waals surface area (Å²) in [6.45, 7) is 0.444. The van der Waals surface area contributed by atoms with Crippen LogP contribution >= 0.6 is 23.2 Å². The number of carboxylic acid groups (broad SMARTS) is 1. The van der Waals surface area contributed by atoms with Crippen molar-refractivity contribution >= 4 is 35.1 Å². The van der Waals surface area contributed by atoms with Crippen molar-refractivity contribution in [2.24, 2.45) is 0 Å². The van der Waals surface area contributed by atoms with Crippen molar-refractivity contribution in [1.29, 1.82) is 0 Å². The predicted octanol–water partition coefficient (Wildman–Crippen LogP) is 2.68. The summed E-state index contributed by atoms with van der Waals surface area (Å²) in [6.07, 6.45) is 1.17. The molecule has 1 heterocycles. The van der Waals surface area contributed by atoms with E-state index in [4.69, 9.17) is 28.3 Å². The molecule has 96 valence electrons. The van der Waals surface area contributed by atoms with Gasteiger partial charge in [-0.05, 0) is 31.0 Å². The van der Waals surface area contributed by atoms with Crippen LogP contribution in [-0.2, 0) is 4.79 Å². The molecule has 0 spiro atoms. The molecule has 6 heteroatoms. The molecule has 0 unspecified atom stereocenters. The third kappa shape index (κ3) is 2.60. The van der Waals surface area contributed by atoms with Gasteiger partial charge in [0.1, 0.15) is 6.04 Å². The Morgan fingerprint density at radius 2 is 1.83 bits per heavy atom. The van der Waals surface area contributed by atoms with Crippen molar-refractivity contribution in [2.75, 3.05) is 6.54 Å². The average Bonchev–Trinajstić information content (AvgIpc) is 2.75. The van der Waals surface area contributed by atoms with E-state index in [9.17, 15) is 9.59 Å². The van der Waals surface area contributed by atoms with E-state index in [2.05, 4.69) is 0 Å². The number of carbonyl (C=O) groups excluding carboxylic acids is 1. The molecule has 1 fully saturated rings. The Hall–Kier alpha value is -1.26. The van der Waals surface area contributed by atoms with E-state index in [-0.39, 0.29) is 5.91 Å². The average molecular weight is 288 g/mol. The maximum absolute atomic E-state index is 12.2. The lowest BCUT2D eigenvalue weighted by molar-refractivity contribution is -0.141. The normalized spacial score (nSPS) is 19.0. The first-order chi connectivity index (χ1) is 8.49. The van der Waals surface area contributed by atoms with E-state index in [1.807, 2.05) is 0 Å². The second kappa shape index (κ2) is 5.16. The zero-order chi connectivity index (χ0) is 13.3. The van der Waals surface area contributed by atoms with Crippen molar-refractivity contribution in [3.63, 3.8) is 0 Å². The smallest absolute Gasteiger partial charge is 0.326 e. The summed E-state index contributed by atoms with van der Waals surface area (Å²) in [5.41, 5.74) is 0.320. The van der Waals surface area contributed by atoms with Crippen LogP contribution < -0.4 is 0 Å². The van der Waals surface area contributed by atoms with Gasteiger partial charge in [-0.1, -0.05) is 23.2 Å². The molecule has 1 aromatic carbocycles. The minimum Gasteiger partial charge on any atom is -0.480 e. The summed E-state index contributed by atoms with van der Waals surface area (Å²) in [5, 5.41) is 9.76. The minimum atomic E-state index is -0.978. The van der Waals surface area contributed by atoms with Gasteiger partial charge in [0.25, 0.3) is 5.91 Å². The molecular formula is C12H11Cl2NO3. The van der Waals surface area contributed by atoms with Crippen molar-refractivity contribution in [3.05, 3.63) is 33.8 Å². The van der Waals surface area contributed by atoms with Crippen molar-refractivity contribution in [3.8, 4) is 0 Å². The van der Waals surface area contributed by atoms with Crippen LogP contribution in [0.4, 0.5) is 0 Å². The van der Waals surface area contributed by atoms with Gasteiger partial charge in [0, 0.05) is 22.2 Å². The minimum absolute atomic E-state index is 0.320. The van der Waals surface area contributed by atoms with Crippen molar-refractivity contribution in [1.82, 2.24) is 4.90 Å². The molecular weight excluding hydrogens is 277 g/mol. The third-order valence-corrected chi connectivity index (χ3v) is 3.34. The molecule has 1 atom stereocenters. The summed E-state index contributed by atoms with van der Waals surface area (Å²) < 4.78 is 0. The Morgan fingerprint density at radius 1 is 1.22 bits per heavy atom. The molecule has 1 aliphatic heterocycles. The van der Waals surface area contributed by atoms with Gasteiger partial charge in [0.2, 0.25) is 0 Å². The summed E-state index contributed by atoms with van der Waals surface area (Å²) in [6, 6.07) is 3.76. The van der Waals surface area contributed by atoms with Crippen molar-refractivity contribution < 1.29 is 14.7 Å². The topological polar surface area (TPSA) is 57.6 Å². The van der Waals surface area contributed by atoms with E-state index >= 15 is 0 Å². The molecule has 0 saturated carbocycles. The number of hydrogen-bond donors (Lipinski definition) is 1. The summed E-state index contributed by atoms with van der Waals surface area (Å²) in [5.74, 6) is -1.32. The molecule has 0 radical (unpaired) electrons. The van der Waals surface area contributed by atoms with Crippen LogP contribution in [0.5, 0.6) is 0 Å². The second-order valence-electron chi connectivity index (χ2n) is 4.15. The van der Waals surface area contributed by atoms with Gasteiger partial charge < -0.3 is 10.0 Å². The SMILES string of the molecule is O=C(O)[C@H]1CCCN1C(=O)c1cc(Cl)cc(Cl)c1. The van der Waals surface area contributed by atoms with E-state index < -0.39 is 12.0 Å². The predicted molar refractivity (Wildman–Crippen MR) is 68.2 cm³/mol. The molecule has 0 aliphatic carbocycles. The highest BCUT2D eigenvalue weighted by Gasteiger charge is 2.34. The van der Waals surface area contributed by atoms with E-state index in [0.717, 1.165) is 0 Å². The molecule has 1 aromatic rings. The number of nitrogens with zero attached hydrogens (tertiary/aromatic N) is 1. The maximum atomic E-state index is 12.2. The molecule has 2 rings (SSSR count). The number of carboxylic acids is 1. The van der Waals surface area contributed by atoms with E-state index in [0.29, 0.717) is 35.0 Å². The third-order valence-electron chi connectivity index (χ3n) is 2.91. The van der Waals surface area contributed by atoms with Crippen LogP contribution in [-0.4, -0.2) is 34.5 Å². The Kier molecular flexibility index (Phi) is 3.78. The van der Waals surface area contributed by atoms with Gasteiger partial charge >= 0.3 is 5.97 Å². The molecule has 18 heavy (non-hydrogen) atoms. The van der Waals surface area contributed by atoms with Crippen LogP contribution in [0.25, 0.3) is 0 Å². The highest BCUT2D eigenvalue weighted by molar-refractivity contribution is 6.35. The standard InChI is InChI=1S/C12H11Cl2NO3/c13-8-4-7(5-9(14)6-8)11(16)15-3-1-2-10(15)12(17)18/h4-6,10H,1-3H2,(H,17,18)/t10-/m1/s1. The maximum Gasteiger partial charge on any atom is 0.326 e. The molecule has 1 N–H and O–H groups in total. The van der Waals surface area contributed by atoms with Gasteiger partial charge in [0.15, 0.2) is 0 Å².